The maximum absolute atomic E-state index is 12.0. The molecule has 94 valence electrons. The third kappa shape index (κ3) is 4.95. The van der Waals surface area contributed by atoms with Crippen molar-refractivity contribution in [2.75, 3.05) is 11.5 Å². The van der Waals surface area contributed by atoms with E-state index >= 15 is 0 Å². The van der Waals surface area contributed by atoms with Gasteiger partial charge in [0.15, 0.2) is 5.78 Å². The molecule has 0 radical (unpaired) electrons. The van der Waals surface area contributed by atoms with E-state index in [-0.39, 0.29) is 5.78 Å². The zero-order chi connectivity index (χ0) is 12.7. The predicted octanol–water partition coefficient (Wildman–Crippen LogP) is 4.41. The van der Waals surface area contributed by atoms with Crippen LogP contribution in [0.25, 0.3) is 0 Å². The number of Topliss-reactive ketones (excluding diaryl/α,β-unsaturated/α-hetero) is 1. The van der Waals surface area contributed by atoms with E-state index in [0.717, 1.165) is 16.9 Å². The van der Waals surface area contributed by atoms with Gasteiger partial charge in [-0.2, -0.15) is 11.8 Å². The lowest BCUT2D eigenvalue weighted by atomic mass is 10.0. The molecular weight excluding hydrogens is 228 g/mol. The monoisotopic (exact) mass is 250 g/mol. The van der Waals surface area contributed by atoms with E-state index in [1.807, 2.05) is 19.1 Å². The lowest BCUT2D eigenvalue weighted by molar-refractivity contribution is 0.102. The van der Waals surface area contributed by atoms with Crippen LogP contribution in [0.2, 0.25) is 0 Å². The minimum atomic E-state index is 0.268. The Bertz CT molecular complexity index is 371. The third-order valence-electron chi connectivity index (χ3n) is 2.81. The van der Waals surface area contributed by atoms with Gasteiger partial charge in [0.05, 0.1) is 5.75 Å². The van der Waals surface area contributed by atoms with Gasteiger partial charge in [-0.25, -0.2) is 0 Å². The molecule has 0 amide bonds. The van der Waals surface area contributed by atoms with Crippen molar-refractivity contribution in [3.8, 4) is 0 Å². The molecule has 0 saturated heterocycles. The van der Waals surface area contributed by atoms with Crippen LogP contribution in [0.4, 0.5) is 0 Å². The molecule has 0 aliphatic heterocycles. The van der Waals surface area contributed by atoms with Gasteiger partial charge in [0, 0.05) is 5.56 Å². The van der Waals surface area contributed by atoms with Crippen molar-refractivity contribution in [3.05, 3.63) is 34.9 Å². The summed E-state index contributed by atoms with van der Waals surface area (Å²) in [6, 6.07) is 6.05. The Labute approximate surface area is 109 Å². The number of aryl methyl sites for hydroxylation is 2. The molecule has 1 aromatic carbocycles. The number of hydrogen-bond acceptors (Lipinski definition) is 2. The highest BCUT2D eigenvalue weighted by atomic mass is 32.2. The Morgan fingerprint density at radius 3 is 2.65 bits per heavy atom. The van der Waals surface area contributed by atoms with Crippen LogP contribution in [0.5, 0.6) is 0 Å². The average molecular weight is 250 g/mol. The highest BCUT2D eigenvalue weighted by Gasteiger charge is 2.08. The molecule has 0 aliphatic rings. The minimum absolute atomic E-state index is 0.268. The number of carbonyl (C=O) groups excluding carboxylic acids is 1. The normalized spacial score (nSPS) is 10.5. The van der Waals surface area contributed by atoms with Crippen LogP contribution in [0, 0.1) is 13.8 Å². The Balaban J connectivity index is 2.42. The predicted molar refractivity (Wildman–Crippen MR) is 77.1 cm³/mol. The smallest absolute Gasteiger partial charge is 0.172 e. The molecule has 17 heavy (non-hydrogen) atoms. The van der Waals surface area contributed by atoms with Gasteiger partial charge >= 0.3 is 0 Å². The Kier molecular flexibility index (Phi) is 6.35. The summed E-state index contributed by atoms with van der Waals surface area (Å²) in [5.74, 6) is 1.99. The molecule has 0 bridgehead atoms. The second-order valence-electron chi connectivity index (χ2n) is 4.50. The largest absolute Gasteiger partial charge is 0.293 e. The van der Waals surface area contributed by atoms with Crippen molar-refractivity contribution in [2.24, 2.45) is 0 Å². The first-order valence-electron chi connectivity index (χ1n) is 6.33. The van der Waals surface area contributed by atoms with Gasteiger partial charge in [-0.1, -0.05) is 43.5 Å². The van der Waals surface area contributed by atoms with E-state index < -0.39 is 0 Å². The molecule has 1 aromatic rings. The zero-order valence-corrected chi connectivity index (χ0v) is 11.9. The average Bonchev–Trinajstić information content (AvgIpc) is 2.28. The third-order valence-corrected chi connectivity index (χ3v) is 3.85. The summed E-state index contributed by atoms with van der Waals surface area (Å²) in [7, 11) is 0. The summed E-state index contributed by atoms with van der Waals surface area (Å²) in [4.78, 5) is 12.0. The Hall–Kier alpha value is -0.760. The minimum Gasteiger partial charge on any atom is -0.293 e. The number of carbonyl (C=O) groups is 1. The molecule has 0 aliphatic carbocycles. The van der Waals surface area contributed by atoms with E-state index in [1.165, 1.54) is 24.8 Å². The standard InChI is InChI=1S/C15H22OS/c1-4-5-6-9-17-11-15(16)14-8-7-12(2)10-13(14)3/h7-8,10H,4-6,9,11H2,1-3H3. The van der Waals surface area contributed by atoms with Gasteiger partial charge in [0.1, 0.15) is 0 Å². The number of thioether (sulfide) groups is 1. The second kappa shape index (κ2) is 7.54. The molecule has 1 nitrogen and oxygen atoms in total. The van der Waals surface area contributed by atoms with Crippen LogP contribution in [-0.2, 0) is 0 Å². The molecular formula is C15H22OS. The van der Waals surface area contributed by atoms with Crippen LogP contribution >= 0.6 is 11.8 Å². The summed E-state index contributed by atoms with van der Waals surface area (Å²) in [6.07, 6.45) is 3.73. The lowest BCUT2D eigenvalue weighted by Crippen LogP contribution is -2.05. The zero-order valence-electron chi connectivity index (χ0n) is 11.1. The first kappa shape index (κ1) is 14.3. The molecule has 0 fully saturated rings. The van der Waals surface area contributed by atoms with Crippen molar-refractivity contribution in [3.63, 3.8) is 0 Å². The molecule has 2 heteroatoms. The van der Waals surface area contributed by atoms with Crippen LogP contribution in [0.3, 0.4) is 0 Å². The van der Waals surface area contributed by atoms with Gasteiger partial charge in [0.2, 0.25) is 0 Å². The fraction of sp³-hybridized carbons (Fsp3) is 0.533. The topological polar surface area (TPSA) is 17.1 Å². The van der Waals surface area contributed by atoms with Crippen LogP contribution in [-0.4, -0.2) is 17.3 Å². The number of hydrogen-bond donors (Lipinski definition) is 0. The van der Waals surface area contributed by atoms with E-state index in [2.05, 4.69) is 19.9 Å². The molecule has 0 aromatic heterocycles. The summed E-state index contributed by atoms with van der Waals surface area (Å²) in [6.45, 7) is 6.27. The molecule has 0 saturated carbocycles. The highest BCUT2D eigenvalue weighted by Crippen LogP contribution is 2.15. The van der Waals surface area contributed by atoms with E-state index in [9.17, 15) is 4.79 Å². The van der Waals surface area contributed by atoms with Gasteiger partial charge in [-0.05, 0) is 31.6 Å². The number of benzene rings is 1. The van der Waals surface area contributed by atoms with E-state index in [0.29, 0.717) is 5.75 Å². The quantitative estimate of drug-likeness (QED) is 0.526. The van der Waals surface area contributed by atoms with Crippen molar-refractivity contribution in [1.29, 1.82) is 0 Å². The Morgan fingerprint density at radius 1 is 1.24 bits per heavy atom. The maximum atomic E-state index is 12.0. The fourth-order valence-corrected chi connectivity index (χ4v) is 2.72. The van der Waals surface area contributed by atoms with Gasteiger partial charge in [-0.3, -0.25) is 4.79 Å². The second-order valence-corrected chi connectivity index (χ2v) is 5.61. The molecule has 0 spiro atoms. The fourth-order valence-electron chi connectivity index (χ4n) is 1.82. The van der Waals surface area contributed by atoms with Crippen molar-refractivity contribution in [2.45, 2.75) is 40.0 Å². The number of ketones is 1. The van der Waals surface area contributed by atoms with E-state index in [1.54, 1.807) is 11.8 Å². The van der Waals surface area contributed by atoms with E-state index in [4.69, 9.17) is 0 Å². The van der Waals surface area contributed by atoms with Gasteiger partial charge < -0.3 is 0 Å². The van der Waals surface area contributed by atoms with Crippen molar-refractivity contribution in [1.82, 2.24) is 0 Å². The summed E-state index contributed by atoms with van der Waals surface area (Å²) >= 11 is 1.76. The lowest BCUT2D eigenvalue weighted by Gasteiger charge is -2.06. The van der Waals surface area contributed by atoms with Crippen LogP contribution in [0.1, 0.15) is 47.7 Å². The number of rotatable bonds is 7. The van der Waals surface area contributed by atoms with Gasteiger partial charge in [0.25, 0.3) is 0 Å². The molecule has 0 N–H and O–H groups in total. The molecule has 0 atom stereocenters. The summed E-state index contributed by atoms with van der Waals surface area (Å²) in [5, 5.41) is 0. The molecule has 1 rings (SSSR count). The molecule has 0 heterocycles. The van der Waals surface area contributed by atoms with Crippen molar-refractivity contribution >= 4 is 17.5 Å². The highest BCUT2D eigenvalue weighted by molar-refractivity contribution is 7.99. The molecule has 0 unspecified atom stereocenters. The van der Waals surface area contributed by atoms with Crippen LogP contribution in [0.15, 0.2) is 18.2 Å². The van der Waals surface area contributed by atoms with Gasteiger partial charge in [-0.15, -0.1) is 0 Å². The summed E-state index contributed by atoms with van der Waals surface area (Å²) in [5.41, 5.74) is 3.21. The first-order chi connectivity index (χ1) is 8.15. The maximum Gasteiger partial charge on any atom is 0.172 e. The number of unbranched alkanes of at least 4 members (excludes halogenated alkanes) is 2. The Morgan fingerprint density at radius 2 is 2.00 bits per heavy atom. The SMILES string of the molecule is CCCCCSCC(=O)c1ccc(C)cc1C. The first-order valence-corrected chi connectivity index (χ1v) is 7.48. The van der Waals surface area contributed by atoms with Crippen molar-refractivity contribution < 1.29 is 4.79 Å². The van der Waals surface area contributed by atoms with Crippen LogP contribution < -0.4 is 0 Å². The summed E-state index contributed by atoms with van der Waals surface area (Å²) < 4.78 is 0.